The van der Waals surface area contributed by atoms with Gasteiger partial charge in [0.1, 0.15) is 0 Å². The van der Waals surface area contributed by atoms with E-state index in [9.17, 15) is 0 Å². The van der Waals surface area contributed by atoms with Gasteiger partial charge in [0.15, 0.2) is 0 Å². The van der Waals surface area contributed by atoms with Crippen LogP contribution in [0.4, 0.5) is 0 Å². The highest BCUT2D eigenvalue weighted by molar-refractivity contribution is 7.93. The summed E-state index contributed by atoms with van der Waals surface area (Å²) in [6.07, 6.45) is 10.7. The van der Waals surface area contributed by atoms with E-state index in [2.05, 4.69) is 30.6 Å². The zero-order valence-electron chi connectivity index (χ0n) is 14.9. The molecule has 3 rings (SSSR count). The summed E-state index contributed by atoms with van der Waals surface area (Å²) in [5.74, 6) is 0.908. The Kier molecular flexibility index (Phi) is 5.43. The minimum Gasteiger partial charge on any atom is -0.312 e. The van der Waals surface area contributed by atoms with E-state index in [1.807, 2.05) is 6.26 Å². The van der Waals surface area contributed by atoms with E-state index in [0.29, 0.717) is 11.6 Å². The highest BCUT2D eigenvalue weighted by Gasteiger charge is 2.43. The molecular weight excluding hydrogens is 292 g/mol. The molecule has 1 aliphatic carbocycles. The molecule has 2 unspecified atom stereocenters. The number of nitrogens with zero attached hydrogens (tertiary/aromatic N) is 2. The fraction of sp³-hybridized carbons (Fsp3) is 1.00. The number of rotatable bonds is 4. The van der Waals surface area contributed by atoms with Gasteiger partial charge in [0, 0.05) is 43.5 Å². The fourth-order valence-electron chi connectivity index (χ4n) is 4.68. The van der Waals surface area contributed by atoms with Gasteiger partial charge in [0.05, 0.1) is 6.10 Å². The molecule has 3 aliphatic rings. The van der Waals surface area contributed by atoms with E-state index < -0.39 is 0 Å². The van der Waals surface area contributed by atoms with Crippen LogP contribution in [0, 0.1) is 5.92 Å². The van der Waals surface area contributed by atoms with Crippen molar-refractivity contribution in [2.45, 2.75) is 83.0 Å². The van der Waals surface area contributed by atoms with Gasteiger partial charge in [-0.25, -0.2) is 0 Å². The Morgan fingerprint density at radius 3 is 2.05 bits per heavy atom. The van der Waals surface area contributed by atoms with Crippen molar-refractivity contribution >= 4 is 12.0 Å². The number of fused-ring (bicyclic) bond motifs is 2. The van der Waals surface area contributed by atoms with Gasteiger partial charge in [-0.1, -0.05) is 0 Å². The molecule has 128 valence electrons. The molecule has 22 heavy (non-hydrogen) atoms. The van der Waals surface area contributed by atoms with Crippen molar-refractivity contribution in [3.63, 3.8) is 0 Å². The predicted octanol–water partition coefficient (Wildman–Crippen LogP) is 3.79. The quantitative estimate of drug-likeness (QED) is 0.730. The highest BCUT2D eigenvalue weighted by Crippen LogP contribution is 2.36. The molecule has 2 saturated heterocycles. The average molecular weight is 327 g/mol. The van der Waals surface area contributed by atoms with Crippen LogP contribution in [0.25, 0.3) is 0 Å². The van der Waals surface area contributed by atoms with E-state index >= 15 is 0 Å². The van der Waals surface area contributed by atoms with E-state index in [1.54, 1.807) is 12.0 Å². The van der Waals surface area contributed by atoms with Gasteiger partial charge in [0.25, 0.3) is 0 Å². The Morgan fingerprint density at radius 2 is 1.55 bits per heavy atom. The second kappa shape index (κ2) is 7.00. The van der Waals surface area contributed by atoms with Crippen molar-refractivity contribution in [2.75, 3.05) is 25.9 Å². The lowest BCUT2D eigenvalue weighted by molar-refractivity contribution is 0.00259. The van der Waals surface area contributed by atoms with Gasteiger partial charge >= 0.3 is 0 Å². The molecule has 4 heteroatoms. The normalized spacial score (nSPS) is 37.6. The molecule has 0 spiro atoms. The van der Waals surface area contributed by atoms with Gasteiger partial charge in [-0.2, -0.15) is 0 Å². The van der Waals surface area contributed by atoms with Crippen LogP contribution in [0.1, 0.15) is 59.3 Å². The molecule has 2 aliphatic heterocycles. The van der Waals surface area contributed by atoms with Crippen LogP contribution in [-0.4, -0.2) is 59.4 Å². The monoisotopic (exact) mass is 326 g/mol. The predicted molar refractivity (Wildman–Crippen MR) is 95.2 cm³/mol. The maximum atomic E-state index is 5.72. The zero-order chi connectivity index (χ0) is 15.7. The zero-order valence-corrected chi connectivity index (χ0v) is 15.7. The topological polar surface area (TPSA) is 15.7 Å². The Balaban J connectivity index is 1.51. The summed E-state index contributed by atoms with van der Waals surface area (Å²) in [5.41, 5.74) is 0.333. The van der Waals surface area contributed by atoms with Crippen LogP contribution < -0.4 is 0 Å². The minimum atomic E-state index is 0.333. The van der Waals surface area contributed by atoms with Crippen LogP contribution in [-0.2, 0) is 4.18 Å². The third-order valence-electron chi connectivity index (χ3n) is 6.08. The lowest BCUT2D eigenvalue weighted by atomic mass is 9.86. The second-order valence-corrected chi connectivity index (χ2v) is 9.09. The SMILES string of the molecule is CSOC1CCC(CN2C3CCC2CN(C(C)(C)C)C3)CC1. The van der Waals surface area contributed by atoms with Gasteiger partial charge in [0.2, 0.25) is 0 Å². The molecule has 2 heterocycles. The smallest absolute Gasteiger partial charge is 0.0722 e. The van der Waals surface area contributed by atoms with Crippen molar-refractivity contribution in [2.24, 2.45) is 5.92 Å². The minimum absolute atomic E-state index is 0.333. The van der Waals surface area contributed by atoms with Gasteiger partial charge in [-0.05, 0) is 77.3 Å². The van der Waals surface area contributed by atoms with Crippen LogP contribution >= 0.6 is 12.0 Å². The first kappa shape index (κ1) is 17.1. The number of hydrogen-bond donors (Lipinski definition) is 0. The molecule has 3 fully saturated rings. The number of likely N-dealkylation sites (tertiary alicyclic amines) is 1. The van der Waals surface area contributed by atoms with E-state index in [0.717, 1.165) is 18.0 Å². The summed E-state index contributed by atoms with van der Waals surface area (Å²) in [6.45, 7) is 11.0. The lowest BCUT2D eigenvalue weighted by Crippen LogP contribution is -2.59. The summed E-state index contributed by atoms with van der Waals surface area (Å²) in [5, 5.41) is 0. The maximum Gasteiger partial charge on any atom is 0.0722 e. The Labute approximate surface area is 141 Å². The van der Waals surface area contributed by atoms with Crippen LogP contribution in [0.2, 0.25) is 0 Å². The molecular formula is C18H34N2OS. The molecule has 2 atom stereocenters. The molecule has 0 aromatic carbocycles. The maximum absolute atomic E-state index is 5.72. The number of hydrogen-bond acceptors (Lipinski definition) is 4. The van der Waals surface area contributed by atoms with Crippen molar-refractivity contribution in [3.05, 3.63) is 0 Å². The van der Waals surface area contributed by atoms with Crippen LogP contribution in [0.5, 0.6) is 0 Å². The Hall–Kier alpha value is 0.230. The van der Waals surface area contributed by atoms with Crippen molar-refractivity contribution in [1.82, 2.24) is 9.80 Å². The first-order chi connectivity index (χ1) is 10.5. The third kappa shape index (κ3) is 3.82. The largest absolute Gasteiger partial charge is 0.312 e. The summed E-state index contributed by atoms with van der Waals surface area (Å²) < 4.78 is 5.72. The number of piperazine rings is 1. The molecule has 0 amide bonds. The standard InChI is InChI=1S/C18H34N2OS/c1-18(2,3)19-12-15-7-8-16(13-19)20(15)11-14-5-9-17(10-6-14)21-22-4/h14-17H,5-13H2,1-4H3. The Morgan fingerprint density at radius 1 is 0.955 bits per heavy atom. The first-order valence-electron chi connectivity index (χ1n) is 9.17. The molecule has 0 radical (unpaired) electrons. The third-order valence-corrected chi connectivity index (χ3v) is 6.54. The van der Waals surface area contributed by atoms with Crippen LogP contribution in [0.15, 0.2) is 0 Å². The molecule has 1 saturated carbocycles. The molecule has 2 bridgehead atoms. The van der Waals surface area contributed by atoms with E-state index in [1.165, 1.54) is 58.2 Å². The molecule has 0 N–H and O–H groups in total. The second-order valence-electron chi connectivity index (χ2n) is 8.56. The fourth-order valence-corrected chi connectivity index (χ4v) is 5.15. The van der Waals surface area contributed by atoms with E-state index in [-0.39, 0.29) is 0 Å². The van der Waals surface area contributed by atoms with Crippen molar-refractivity contribution in [1.29, 1.82) is 0 Å². The molecule has 0 aromatic rings. The summed E-state index contributed by atoms with van der Waals surface area (Å²) in [6, 6.07) is 1.64. The highest BCUT2D eigenvalue weighted by atomic mass is 32.2. The van der Waals surface area contributed by atoms with Gasteiger partial charge < -0.3 is 4.18 Å². The lowest BCUT2D eigenvalue weighted by Gasteiger charge is -2.48. The summed E-state index contributed by atoms with van der Waals surface area (Å²) in [7, 11) is 0. The first-order valence-corrected chi connectivity index (χ1v) is 10.3. The van der Waals surface area contributed by atoms with Gasteiger partial charge in [-0.3, -0.25) is 9.80 Å². The van der Waals surface area contributed by atoms with Crippen molar-refractivity contribution < 1.29 is 4.18 Å². The average Bonchev–Trinajstić information content (AvgIpc) is 2.70. The molecule has 0 aromatic heterocycles. The Bertz CT molecular complexity index is 349. The summed E-state index contributed by atoms with van der Waals surface area (Å²) in [4.78, 5) is 5.59. The van der Waals surface area contributed by atoms with E-state index in [4.69, 9.17) is 4.18 Å². The molecule has 3 nitrogen and oxygen atoms in total. The van der Waals surface area contributed by atoms with Crippen molar-refractivity contribution in [3.8, 4) is 0 Å². The van der Waals surface area contributed by atoms with Gasteiger partial charge in [-0.15, -0.1) is 0 Å². The summed E-state index contributed by atoms with van der Waals surface area (Å²) >= 11 is 1.54. The van der Waals surface area contributed by atoms with Crippen LogP contribution in [0.3, 0.4) is 0 Å².